The second kappa shape index (κ2) is 4.63. The van der Waals surface area contributed by atoms with Crippen molar-refractivity contribution in [2.75, 3.05) is 11.1 Å². The van der Waals surface area contributed by atoms with Crippen molar-refractivity contribution >= 4 is 38.8 Å². The molecule has 0 unspecified atom stereocenters. The van der Waals surface area contributed by atoms with Gasteiger partial charge in [-0.15, -0.1) is 0 Å². The second-order valence-corrected chi connectivity index (χ2v) is 4.72. The highest BCUT2D eigenvalue weighted by Gasteiger charge is 2.01. The molecule has 2 heterocycles. The summed E-state index contributed by atoms with van der Waals surface area (Å²) in [6.07, 6.45) is 1.64. The average Bonchev–Trinajstić information content (AvgIpc) is 2.69. The lowest BCUT2D eigenvalue weighted by molar-refractivity contribution is 1.12. The zero-order valence-corrected chi connectivity index (χ0v) is 10.3. The third-order valence-corrected chi connectivity index (χ3v) is 3.24. The van der Waals surface area contributed by atoms with Crippen LogP contribution in [0.15, 0.2) is 33.6 Å². The number of nitrogen functional groups attached to an aromatic ring is 1. The summed E-state index contributed by atoms with van der Waals surface area (Å²) >= 11 is 5.10. The third kappa shape index (κ3) is 2.70. The van der Waals surface area contributed by atoms with Crippen LogP contribution in [-0.4, -0.2) is 4.98 Å². The molecular weight excluding hydrogens is 274 g/mol. The largest absolute Gasteiger partial charge is 0.397 e. The van der Waals surface area contributed by atoms with Gasteiger partial charge in [-0.3, -0.25) is 0 Å². The first-order valence-corrected chi connectivity index (χ1v) is 6.15. The first kappa shape index (κ1) is 10.4. The van der Waals surface area contributed by atoms with Gasteiger partial charge in [-0.1, -0.05) is 0 Å². The Kier molecular flexibility index (Phi) is 3.23. The van der Waals surface area contributed by atoms with Crippen molar-refractivity contribution in [3.8, 4) is 0 Å². The van der Waals surface area contributed by atoms with Crippen LogP contribution in [0.3, 0.4) is 0 Å². The van der Waals surface area contributed by atoms with Crippen LogP contribution in [0.25, 0.3) is 0 Å². The number of anilines is 2. The van der Waals surface area contributed by atoms with E-state index in [0.717, 1.165) is 16.8 Å². The highest BCUT2D eigenvalue weighted by atomic mass is 79.9. The molecule has 78 valence electrons. The molecule has 2 rings (SSSR count). The van der Waals surface area contributed by atoms with Gasteiger partial charge in [0.25, 0.3) is 0 Å². The molecule has 0 bridgehead atoms. The maximum atomic E-state index is 5.60. The smallest absolute Gasteiger partial charge is 0.140 e. The number of hydrogen-bond donors (Lipinski definition) is 2. The molecular formula is C10H10BrN3S. The number of nitrogens with zero attached hydrogens (tertiary/aromatic N) is 1. The SMILES string of the molecule is Nc1cnc(NCc2ccsc2)c(Br)c1. The lowest BCUT2D eigenvalue weighted by Crippen LogP contribution is -2.01. The number of aromatic nitrogens is 1. The molecule has 0 spiro atoms. The molecule has 0 radical (unpaired) electrons. The van der Waals surface area contributed by atoms with E-state index in [0.29, 0.717) is 5.69 Å². The Hall–Kier alpha value is -1.07. The molecule has 5 heteroatoms. The third-order valence-electron chi connectivity index (χ3n) is 1.90. The van der Waals surface area contributed by atoms with E-state index in [1.54, 1.807) is 17.5 Å². The fraction of sp³-hybridized carbons (Fsp3) is 0.100. The standard InChI is InChI=1S/C10H10BrN3S/c11-9-3-8(12)5-14-10(9)13-4-7-1-2-15-6-7/h1-3,5-6H,4,12H2,(H,13,14). The molecule has 0 aliphatic rings. The fourth-order valence-corrected chi connectivity index (χ4v) is 2.34. The summed E-state index contributed by atoms with van der Waals surface area (Å²) in [5.41, 5.74) is 7.51. The highest BCUT2D eigenvalue weighted by Crippen LogP contribution is 2.22. The van der Waals surface area contributed by atoms with Crippen molar-refractivity contribution in [3.63, 3.8) is 0 Å². The summed E-state index contributed by atoms with van der Waals surface area (Å²) in [7, 11) is 0. The minimum atomic E-state index is 0.656. The quantitative estimate of drug-likeness (QED) is 0.910. The molecule has 0 aromatic carbocycles. The molecule has 0 fully saturated rings. The number of rotatable bonds is 3. The van der Waals surface area contributed by atoms with Gasteiger partial charge in [0, 0.05) is 6.54 Å². The lowest BCUT2D eigenvalue weighted by atomic mass is 10.3. The molecule has 3 nitrogen and oxygen atoms in total. The molecule has 0 saturated carbocycles. The van der Waals surface area contributed by atoms with Crippen LogP contribution in [0.4, 0.5) is 11.5 Å². The van der Waals surface area contributed by atoms with Crippen LogP contribution in [0.1, 0.15) is 5.56 Å². The summed E-state index contributed by atoms with van der Waals surface area (Å²) in [4.78, 5) is 4.20. The maximum Gasteiger partial charge on any atom is 0.140 e. The van der Waals surface area contributed by atoms with Gasteiger partial charge in [-0.2, -0.15) is 11.3 Å². The molecule has 2 aromatic rings. The number of hydrogen-bond acceptors (Lipinski definition) is 4. The number of nitrogens with one attached hydrogen (secondary N) is 1. The van der Waals surface area contributed by atoms with Gasteiger partial charge in [-0.05, 0) is 44.4 Å². The van der Waals surface area contributed by atoms with Crippen molar-refractivity contribution in [2.45, 2.75) is 6.54 Å². The molecule has 2 aromatic heterocycles. The van der Waals surface area contributed by atoms with Crippen molar-refractivity contribution in [3.05, 3.63) is 39.1 Å². The zero-order valence-electron chi connectivity index (χ0n) is 7.90. The van der Waals surface area contributed by atoms with Crippen LogP contribution in [0, 0.1) is 0 Å². The van der Waals surface area contributed by atoms with E-state index >= 15 is 0 Å². The van der Waals surface area contributed by atoms with Gasteiger partial charge in [-0.25, -0.2) is 4.98 Å². The van der Waals surface area contributed by atoms with Gasteiger partial charge < -0.3 is 11.1 Å². The Labute approximate surface area is 100 Å². The first-order chi connectivity index (χ1) is 7.25. The molecule has 3 N–H and O–H groups in total. The van der Waals surface area contributed by atoms with Crippen LogP contribution in [0.2, 0.25) is 0 Å². The van der Waals surface area contributed by atoms with Crippen LogP contribution in [-0.2, 0) is 6.54 Å². The van der Waals surface area contributed by atoms with Crippen LogP contribution in [0.5, 0.6) is 0 Å². The summed E-state index contributed by atoms with van der Waals surface area (Å²) < 4.78 is 0.887. The van der Waals surface area contributed by atoms with Crippen molar-refractivity contribution in [2.24, 2.45) is 0 Å². The van der Waals surface area contributed by atoms with Crippen molar-refractivity contribution < 1.29 is 0 Å². The summed E-state index contributed by atoms with van der Waals surface area (Å²) in [5, 5.41) is 7.40. The summed E-state index contributed by atoms with van der Waals surface area (Å²) in [5.74, 6) is 0.815. The maximum absolute atomic E-state index is 5.60. The second-order valence-electron chi connectivity index (χ2n) is 3.08. The van der Waals surface area contributed by atoms with Crippen molar-refractivity contribution in [1.82, 2.24) is 4.98 Å². The number of nitrogens with two attached hydrogens (primary N) is 1. The molecule has 0 saturated heterocycles. The van der Waals surface area contributed by atoms with Crippen LogP contribution >= 0.6 is 27.3 Å². The fourth-order valence-electron chi connectivity index (χ4n) is 1.16. The molecule has 15 heavy (non-hydrogen) atoms. The van der Waals surface area contributed by atoms with Gasteiger partial charge >= 0.3 is 0 Å². The Morgan fingerprint density at radius 3 is 3.07 bits per heavy atom. The first-order valence-electron chi connectivity index (χ1n) is 4.41. The van der Waals surface area contributed by atoms with Gasteiger partial charge in [0.05, 0.1) is 16.4 Å². The molecule has 0 aliphatic heterocycles. The van der Waals surface area contributed by atoms with E-state index in [4.69, 9.17) is 5.73 Å². The van der Waals surface area contributed by atoms with Gasteiger partial charge in [0.1, 0.15) is 5.82 Å². The zero-order chi connectivity index (χ0) is 10.7. The number of pyridine rings is 1. The van der Waals surface area contributed by atoms with Crippen LogP contribution < -0.4 is 11.1 Å². The topological polar surface area (TPSA) is 50.9 Å². The predicted octanol–water partition coefficient (Wildman–Crippen LogP) is 3.10. The van der Waals surface area contributed by atoms with Crippen molar-refractivity contribution in [1.29, 1.82) is 0 Å². The molecule has 0 aliphatic carbocycles. The summed E-state index contributed by atoms with van der Waals surface area (Å²) in [6, 6.07) is 3.92. The monoisotopic (exact) mass is 283 g/mol. The van der Waals surface area contributed by atoms with E-state index < -0.39 is 0 Å². The minimum Gasteiger partial charge on any atom is -0.397 e. The van der Waals surface area contributed by atoms with E-state index in [2.05, 4.69) is 43.1 Å². The van der Waals surface area contributed by atoms with E-state index in [1.165, 1.54) is 5.56 Å². The normalized spacial score (nSPS) is 10.2. The molecule has 0 atom stereocenters. The average molecular weight is 284 g/mol. The van der Waals surface area contributed by atoms with E-state index in [9.17, 15) is 0 Å². The van der Waals surface area contributed by atoms with Gasteiger partial charge in [0.2, 0.25) is 0 Å². The molecule has 0 amide bonds. The predicted molar refractivity (Wildman–Crippen MR) is 68.0 cm³/mol. The van der Waals surface area contributed by atoms with E-state index in [1.807, 2.05) is 6.07 Å². The lowest BCUT2D eigenvalue weighted by Gasteiger charge is -2.06. The highest BCUT2D eigenvalue weighted by molar-refractivity contribution is 9.10. The number of thiophene rings is 1. The minimum absolute atomic E-state index is 0.656. The summed E-state index contributed by atoms with van der Waals surface area (Å²) in [6.45, 7) is 0.777. The van der Waals surface area contributed by atoms with Gasteiger partial charge in [0.15, 0.2) is 0 Å². The number of halogens is 1. The Morgan fingerprint density at radius 1 is 1.53 bits per heavy atom. The van der Waals surface area contributed by atoms with E-state index in [-0.39, 0.29) is 0 Å². The Bertz CT molecular complexity index is 442. The Balaban J connectivity index is 2.05. The Morgan fingerprint density at radius 2 is 2.40 bits per heavy atom.